The van der Waals surface area contributed by atoms with Crippen molar-refractivity contribution < 1.29 is 0 Å². The molecule has 0 amide bonds. The summed E-state index contributed by atoms with van der Waals surface area (Å²) in [7, 11) is 0. The molecule has 0 N–H and O–H groups in total. The van der Waals surface area contributed by atoms with E-state index in [4.69, 9.17) is 0 Å². The normalized spacial score (nSPS) is 11.7. The second kappa shape index (κ2) is 20.1. The Bertz CT molecular complexity index is 4910. The summed E-state index contributed by atoms with van der Waals surface area (Å²) >= 11 is 4.47. The Morgan fingerprint density at radius 3 is 1.56 bits per heavy atom. The minimum atomic E-state index is 0.826. The number of hydrogen-bond donors (Lipinski definition) is 0. The molecule has 376 valence electrons. The number of aryl methyl sites for hydroxylation is 1. The zero-order chi connectivity index (χ0) is 53.3. The summed E-state index contributed by atoms with van der Waals surface area (Å²) in [5.74, 6) is 0. The van der Waals surface area contributed by atoms with E-state index < -0.39 is 0 Å². The highest BCUT2D eigenvalue weighted by atomic mass is 127. The number of halogens is 1. The highest BCUT2D eigenvalue weighted by molar-refractivity contribution is 14.1. The minimum absolute atomic E-state index is 0.826. The van der Waals surface area contributed by atoms with Crippen LogP contribution in [0, 0.1) is 10.5 Å². The van der Waals surface area contributed by atoms with Crippen molar-refractivity contribution >= 4 is 97.2 Å². The van der Waals surface area contributed by atoms with Crippen molar-refractivity contribution in [3.8, 4) is 77.9 Å². The summed E-state index contributed by atoms with van der Waals surface area (Å²) in [6.07, 6.45) is 0.826. The van der Waals surface area contributed by atoms with Crippen LogP contribution < -0.4 is 0 Å². The molecular formula is C78H51IS. The predicted molar refractivity (Wildman–Crippen MR) is 354 cm³/mol. The molecule has 0 fully saturated rings. The van der Waals surface area contributed by atoms with E-state index in [9.17, 15) is 0 Å². The summed E-state index contributed by atoms with van der Waals surface area (Å²) in [5.41, 5.74) is 21.3. The molecule has 0 atom stereocenters. The number of rotatable bonds is 9. The Kier molecular flexibility index (Phi) is 12.1. The monoisotopic (exact) mass is 1150 g/mol. The van der Waals surface area contributed by atoms with Gasteiger partial charge in [-0.25, -0.2) is 0 Å². The zero-order valence-electron chi connectivity index (χ0n) is 44.1. The maximum Gasteiger partial charge on any atom is 0.0434 e. The van der Waals surface area contributed by atoms with Crippen LogP contribution in [0.2, 0.25) is 0 Å². The maximum atomic E-state index is 2.55. The van der Waals surface area contributed by atoms with Crippen LogP contribution >= 0.6 is 33.9 Å². The van der Waals surface area contributed by atoms with Gasteiger partial charge < -0.3 is 0 Å². The lowest BCUT2D eigenvalue weighted by Crippen LogP contribution is -1.94. The number of hydrogen-bond acceptors (Lipinski definition) is 1. The van der Waals surface area contributed by atoms with Crippen LogP contribution in [0.4, 0.5) is 0 Å². The molecule has 0 aliphatic heterocycles. The van der Waals surface area contributed by atoms with E-state index in [2.05, 4.69) is 309 Å². The molecule has 0 radical (unpaired) electrons. The largest absolute Gasteiger partial charge is 0.134 e. The third kappa shape index (κ3) is 8.50. The van der Waals surface area contributed by atoms with Crippen LogP contribution in [0.5, 0.6) is 0 Å². The molecular weight excluding hydrogens is 1100 g/mol. The van der Waals surface area contributed by atoms with Crippen molar-refractivity contribution in [3.05, 3.63) is 299 Å². The summed E-state index contributed by atoms with van der Waals surface area (Å²) in [4.78, 5) is 0. The quantitative estimate of drug-likeness (QED) is 0.0998. The van der Waals surface area contributed by atoms with E-state index in [1.165, 1.54) is 161 Å². The van der Waals surface area contributed by atoms with Gasteiger partial charge in [0.1, 0.15) is 0 Å². The molecule has 1 heterocycles. The lowest BCUT2D eigenvalue weighted by atomic mass is 9.87. The molecule has 0 spiro atoms. The second-order valence-corrected chi connectivity index (χ2v) is 23.5. The van der Waals surface area contributed by atoms with Crippen LogP contribution in [0.15, 0.2) is 279 Å². The molecule has 0 aliphatic carbocycles. The van der Waals surface area contributed by atoms with Crippen molar-refractivity contribution in [2.75, 3.05) is 0 Å². The fourth-order valence-electron chi connectivity index (χ4n) is 12.6. The smallest absolute Gasteiger partial charge is 0.0434 e. The van der Waals surface area contributed by atoms with Gasteiger partial charge >= 0.3 is 0 Å². The molecule has 0 aliphatic rings. The van der Waals surface area contributed by atoms with Gasteiger partial charge in [0.2, 0.25) is 0 Å². The van der Waals surface area contributed by atoms with Crippen LogP contribution in [-0.4, -0.2) is 0 Å². The highest BCUT2D eigenvalue weighted by Gasteiger charge is 2.19. The van der Waals surface area contributed by atoms with Gasteiger partial charge in [-0.2, -0.15) is 0 Å². The lowest BCUT2D eigenvalue weighted by Gasteiger charge is -2.17. The van der Waals surface area contributed by atoms with Crippen molar-refractivity contribution in [2.45, 2.75) is 13.3 Å². The highest BCUT2D eigenvalue weighted by Crippen LogP contribution is 2.47. The second-order valence-electron chi connectivity index (χ2n) is 21.3. The van der Waals surface area contributed by atoms with Crippen molar-refractivity contribution in [1.29, 1.82) is 0 Å². The topological polar surface area (TPSA) is 0 Å². The third-order valence-electron chi connectivity index (χ3n) is 16.4. The average Bonchev–Trinajstić information content (AvgIpc) is 3.98. The van der Waals surface area contributed by atoms with Crippen LogP contribution in [0.1, 0.15) is 16.7 Å². The third-order valence-corrected chi connectivity index (χ3v) is 18.7. The van der Waals surface area contributed by atoms with E-state index in [0.29, 0.717) is 0 Å². The molecule has 15 aromatic rings. The molecule has 15 rings (SSSR count). The summed E-state index contributed by atoms with van der Waals surface area (Å²) in [6, 6.07) is 104. The lowest BCUT2D eigenvalue weighted by molar-refractivity contribution is 1.22. The van der Waals surface area contributed by atoms with Gasteiger partial charge in [0.05, 0.1) is 0 Å². The van der Waals surface area contributed by atoms with Crippen LogP contribution in [0.25, 0.3) is 141 Å². The van der Waals surface area contributed by atoms with Gasteiger partial charge in [-0.3, -0.25) is 0 Å². The zero-order valence-corrected chi connectivity index (χ0v) is 47.0. The molecule has 0 nitrogen and oxygen atoms in total. The van der Waals surface area contributed by atoms with Gasteiger partial charge in [0, 0.05) is 23.7 Å². The van der Waals surface area contributed by atoms with Gasteiger partial charge in [-0.1, -0.05) is 254 Å². The first-order valence-electron chi connectivity index (χ1n) is 27.5. The Balaban J connectivity index is 0.792. The molecule has 0 unspecified atom stereocenters. The number of benzene rings is 14. The number of thiophene rings is 1. The van der Waals surface area contributed by atoms with Gasteiger partial charge in [-0.05, 0) is 198 Å². The fourth-order valence-corrected chi connectivity index (χ4v) is 14.6. The SMILES string of the molecule is Cc1ccc(-c2cc3ccccc3c3c(Cc4cccc(-c5cc6cccc(-c7cc(-c8cccc9c8sc8c(-c%10cccc(-c%11ccc(-c%12ccccc%12)cc%11)c%10)cccc89)ccc7I)c6c6ccccc56)c4)cccc23)cc1. The number of fused-ring (bicyclic) bond motifs is 9. The Labute approximate surface area is 484 Å². The van der Waals surface area contributed by atoms with Gasteiger partial charge in [0.25, 0.3) is 0 Å². The molecule has 0 saturated heterocycles. The Morgan fingerprint density at radius 1 is 0.287 bits per heavy atom. The van der Waals surface area contributed by atoms with Crippen LogP contribution in [-0.2, 0) is 6.42 Å². The maximum absolute atomic E-state index is 2.55. The minimum Gasteiger partial charge on any atom is -0.134 e. The first-order chi connectivity index (χ1) is 39.5. The fraction of sp³-hybridized carbons (Fsp3) is 0.0256. The first-order valence-corrected chi connectivity index (χ1v) is 29.4. The molecule has 0 saturated carbocycles. The molecule has 2 heteroatoms. The van der Waals surface area contributed by atoms with Crippen molar-refractivity contribution in [2.24, 2.45) is 0 Å². The Hall–Kier alpha value is -8.93. The van der Waals surface area contributed by atoms with E-state index in [1.807, 2.05) is 11.3 Å². The molecule has 80 heavy (non-hydrogen) atoms. The standard InChI is InChI=1S/C78H51IS/c1-49-33-35-54(36-34-49)71-46-58-18-5-6-24-62(58)75-60(22-11-29-67(71)75)44-50-15-9-20-56(43-50)72-48-61-23-12-30-68(76(61)66-26-8-7-25-65(66)72)73-47-59(41-42-74(73)79)64-28-14-32-70-69-31-13-27-63(77(69)80-78(64)70)57-21-10-19-55(45-57)53-39-37-52(38-40-53)51-16-3-2-4-17-51/h2-43,45-48H,44H2,1H3. The molecule has 0 bridgehead atoms. The van der Waals surface area contributed by atoms with E-state index in [1.54, 1.807) is 0 Å². The van der Waals surface area contributed by atoms with E-state index in [0.717, 1.165) is 6.42 Å². The first kappa shape index (κ1) is 48.2. The van der Waals surface area contributed by atoms with Crippen LogP contribution in [0.3, 0.4) is 0 Å². The van der Waals surface area contributed by atoms with E-state index in [-0.39, 0.29) is 0 Å². The summed E-state index contributed by atoms with van der Waals surface area (Å²) < 4.78 is 3.85. The van der Waals surface area contributed by atoms with Crippen molar-refractivity contribution in [1.82, 2.24) is 0 Å². The van der Waals surface area contributed by atoms with Crippen molar-refractivity contribution in [3.63, 3.8) is 0 Å². The average molecular weight is 1150 g/mol. The van der Waals surface area contributed by atoms with E-state index >= 15 is 0 Å². The molecule has 1 aromatic heterocycles. The van der Waals surface area contributed by atoms with Gasteiger partial charge in [-0.15, -0.1) is 11.3 Å². The summed E-state index contributed by atoms with van der Waals surface area (Å²) in [6.45, 7) is 2.16. The summed E-state index contributed by atoms with van der Waals surface area (Å²) in [5, 5.41) is 12.8. The predicted octanol–water partition coefficient (Wildman–Crippen LogP) is 22.8. The Morgan fingerprint density at radius 2 is 0.787 bits per heavy atom. The molecule has 14 aromatic carbocycles. The van der Waals surface area contributed by atoms with Gasteiger partial charge in [0.15, 0.2) is 0 Å².